The first-order chi connectivity index (χ1) is 12.3. The number of nitrogens with zero attached hydrogens (tertiary/aromatic N) is 2. The minimum atomic E-state index is -3.78. The molecule has 0 N–H and O–H groups in total. The van der Waals surface area contributed by atoms with Crippen LogP contribution in [-0.2, 0) is 10.0 Å². The van der Waals surface area contributed by atoms with Gasteiger partial charge in [0.15, 0.2) is 0 Å². The summed E-state index contributed by atoms with van der Waals surface area (Å²) in [4.78, 5) is 14.5. The van der Waals surface area contributed by atoms with E-state index in [1.165, 1.54) is 37.4 Å². The van der Waals surface area contributed by atoms with E-state index in [1.807, 2.05) is 0 Å². The molecule has 1 saturated heterocycles. The van der Waals surface area contributed by atoms with Gasteiger partial charge in [0.2, 0.25) is 0 Å². The minimum absolute atomic E-state index is 0.117. The molecule has 0 aromatic heterocycles. The van der Waals surface area contributed by atoms with Crippen molar-refractivity contribution in [3.05, 3.63) is 58.1 Å². The van der Waals surface area contributed by atoms with E-state index in [2.05, 4.69) is 0 Å². The fourth-order valence-electron chi connectivity index (χ4n) is 2.87. The summed E-state index contributed by atoms with van der Waals surface area (Å²) < 4.78 is 26.8. The number of sulfonamides is 1. The summed E-state index contributed by atoms with van der Waals surface area (Å²) in [5, 5.41) is 0.763. The summed E-state index contributed by atoms with van der Waals surface area (Å²) in [6.07, 6.45) is 1.93. The highest BCUT2D eigenvalue weighted by Crippen LogP contribution is 2.28. The molecule has 2 aromatic carbocycles. The average Bonchev–Trinajstić information content (AvgIpc) is 3.16. The number of carbonyl (C=O) groups excluding carboxylic acids is 1. The molecule has 138 valence electrons. The number of hydrogen-bond acceptors (Lipinski definition) is 3. The Kier molecular flexibility index (Phi) is 5.46. The summed E-state index contributed by atoms with van der Waals surface area (Å²) in [5.41, 5.74) is 0.677. The Morgan fingerprint density at radius 1 is 1.04 bits per heavy atom. The van der Waals surface area contributed by atoms with E-state index < -0.39 is 10.0 Å². The van der Waals surface area contributed by atoms with Crippen molar-refractivity contribution in [3.8, 4) is 0 Å². The lowest BCUT2D eigenvalue weighted by molar-refractivity contribution is 0.0793. The van der Waals surface area contributed by atoms with E-state index in [1.54, 1.807) is 17.0 Å². The van der Waals surface area contributed by atoms with Gasteiger partial charge in [-0.05, 0) is 55.3 Å². The van der Waals surface area contributed by atoms with E-state index in [0.29, 0.717) is 34.4 Å². The van der Waals surface area contributed by atoms with Crippen LogP contribution in [0.2, 0.25) is 10.0 Å². The molecule has 2 aromatic rings. The van der Waals surface area contributed by atoms with Gasteiger partial charge < -0.3 is 4.90 Å². The topological polar surface area (TPSA) is 57.7 Å². The monoisotopic (exact) mass is 412 g/mol. The number of benzene rings is 2. The average molecular weight is 413 g/mol. The van der Waals surface area contributed by atoms with Crippen molar-refractivity contribution >= 4 is 44.8 Å². The SMILES string of the molecule is CN(c1ccc(Cl)c(C(=O)N2CCCC2)c1)S(=O)(=O)c1ccc(Cl)cc1. The standard InChI is InChI=1S/C18H18Cl2N2O3S/c1-21(26(24,25)15-7-4-13(19)5-8-15)14-6-9-17(20)16(12-14)18(23)22-10-2-3-11-22/h4-9,12H,2-3,10-11H2,1H3. The van der Waals surface area contributed by atoms with Crippen LogP contribution < -0.4 is 4.31 Å². The van der Waals surface area contributed by atoms with Crippen molar-refractivity contribution in [2.75, 3.05) is 24.4 Å². The number of halogens is 2. The molecule has 1 fully saturated rings. The van der Waals surface area contributed by atoms with Gasteiger partial charge >= 0.3 is 0 Å². The smallest absolute Gasteiger partial charge is 0.264 e. The van der Waals surface area contributed by atoms with Crippen molar-refractivity contribution < 1.29 is 13.2 Å². The fourth-order valence-corrected chi connectivity index (χ4v) is 4.38. The molecular formula is C18H18Cl2N2O3S. The highest BCUT2D eigenvalue weighted by atomic mass is 35.5. The van der Waals surface area contributed by atoms with Gasteiger partial charge in [-0.1, -0.05) is 23.2 Å². The van der Waals surface area contributed by atoms with Crippen molar-refractivity contribution in [3.63, 3.8) is 0 Å². The molecule has 26 heavy (non-hydrogen) atoms. The van der Waals surface area contributed by atoms with Gasteiger partial charge in [-0.2, -0.15) is 0 Å². The molecule has 1 aliphatic rings. The maximum atomic E-state index is 12.8. The first-order valence-electron chi connectivity index (χ1n) is 8.14. The summed E-state index contributed by atoms with van der Waals surface area (Å²) in [6.45, 7) is 1.39. The molecule has 8 heteroatoms. The van der Waals surface area contributed by atoms with Crippen LogP contribution in [0, 0.1) is 0 Å². The molecule has 0 aliphatic carbocycles. The number of carbonyl (C=O) groups is 1. The highest BCUT2D eigenvalue weighted by Gasteiger charge is 2.25. The molecule has 0 saturated carbocycles. The second kappa shape index (κ2) is 7.47. The van der Waals surface area contributed by atoms with Gasteiger partial charge in [-0.25, -0.2) is 8.42 Å². The molecule has 5 nitrogen and oxygen atoms in total. The van der Waals surface area contributed by atoms with Crippen LogP contribution in [0.1, 0.15) is 23.2 Å². The van der Waals surface area contributed by atoms with Crippen molar-refractivity contribution in [2.24, 2.45) is 0 Å². The van der Waals surface area contributed by atoms with Crippen molar-refractivity contribution in [1.82, 2.24) is 4.90 Å². The summed E-state index contributed by atoms with van der Waals surface area (Å²) in [7, 11) is -2.33. The van der Waals surface area contributed by atoms with Crippen LogP contribution in [0.15, 0.2) is 47.4 Å². The zero-order chi connectivity index (χ0) is 18.9. The Hall–Kier alpha value is -1.76. The zero-order valence-corrected chi connectivity index (χ0v) is 16.5. The van der Waals surface area contributed by atoms with Crippen LogP contribution in [-0.4, -0.2) is 39.4 Å². The second-order valence-electron chi connectivity index (χ2n) is 6.09. The van der Waals surface area contributed by atoms with Gasteiger partial charge in [0.1, 0.15) is 0 Å². The van der Waals surface area contributed by atoms with Gasteiger partial charge in [-0.3, -0.25) is 9.10 Å². The quantitative estimate of drug-likeness (QED) is 0.760. The zero-order valence-electron chi connectivity index (χ0n) is 14.2. The lowest BCUT2D eigenvalue weighted by atomic mass is 10.1. The van der Waals surface area contributed by atoms with Crippen LogP contribution >= 0.6 is 23.2 Å². The largest absolute Gasteiger partial charge is 0.339 e. The molecule has 0 bridgehead atoms. The van der Waals surface area contributed by atoms with Gasteiger partial charge in [0.25, 0.3) is 15.9 Å². The Bertz CT molecular complexity index is 924. The predicted molar refractivity (Wildman–Crippen MR) is 104 cm³/mol. The van der Waals surface area contributed by atoms with Crippen LogP contribution in [0.25, 0.3) is 0 Å². The van der Waals surface area contributed by atoms with E-state index >= 15 is 0 Å². The molecular weight excluding hydrogens is 395 g/mol. The third-order valence-electron chi connectivity index (χ3n) is 4.41. The molecule has 0 radical (unpaired) electrons. The minimum Gasteiger partial charge on any atom is -0.339 e. The number of rotatable bonds is 4. The molecule has 1 aliphatic heterocycles. The number of anilines is 1. The van der Waals surface area contributed by atoms with Crippen LogP contribution in [0.3, 0.4) is 0 Å². The number of hydrogen-bond donors (Lipinski definition) is 0. The molecule has 0 atom stereocenters. The third kappa shape index (κ3) is 3.68. The van der Waals surface area contributed by atoms with Crippen LogP contribution in [0.4, 0.5) is 5.69 Å². The highest BCUT2D eigenvalue weighted by molar-refractivity contribution is 7.92. The first kappa shape index (κ1) is 19.0. The van der Waals surface area contributed by atoms with Crippen molar-refractivity contribution in [2.45, 2.75) is 17.7 Å². The van der Waals surface area contributed by atoms with Crippen LogP contribution in [0.5, 0.6) is 0 Å². The number of likely N-dealkylation sites (tertiary alicyclic amines) is 1. The van der Waals surface area contributed by atoms with E-state index in [4.69, 9.17) is 23.2 Å². The summed E-state index contributed by atoms with van der Waals surface area (Å²) in [6, 6.07) is 10.6. The Labute approximate surface area is 163 Å². The molecule has 0 unspecified atom stereocenters. The molecule has 3 rings (SSSR count). The molecule has 0 spiro atoms. The lowest BCUT2D eigenvalue weighted by Gasteiger charge is -2.22. The Morgan fingerprint density at radius 3 is 2.27 bits per heavy atom. The van der Waals surface area contributed by atoms with Gasteiger partial charge in [0.05, 0.1) is 21.2 Å². The molecule has 1 heterocycles. The Balaban J connectivity index is 1.94. The maximum absolute atomic E-state index is 12.8. The second-order valence-corrected chi connectivity index (χ2v) is 8.90. The van der Waals surface area contributed by atoms with E-state index in [-0.39, 0.29) is 10.8 Å². The van der Waals surface area contributed by atoms with Gasteiger partial charge in [0, 0.05) is 25.2 Å². The predicted octanol–water partition coefficient (Wildman–Crippen LogP) is 4.05. The van der Waals surface area contributed by atoms with Crippen molar-refractivity contribution in [1.29, 1.82) is 0 Å². The lowest BCUT2D eigenvalue weighted by Crippen LogP contribution is -2.29. The normalized spacial score (nSPS) is 14.5. The first-order valence-corrected chi connectivity index (χ1v) is 10.3. The third-order valence-corrected chi connectivity index (χ3v) is 6.79. The Morgan fingerprint density at radius 2 is 1.65 bits per heavy atom. The van der Waals surface area contributed by atoms with E-state index in [9.17, 15) is 13.2 Å². The summed E-state index contributed by atoms with van der Waals surface area (Å²) >= 11 is 12.0. The summed E-state index contributed by atoms with van der Waals surface area (Å²) in [5.74, 6) is -0.174. The number of amides is 1. The fraction of sp³-hybridized carbons (Fsp3) is 0.278. The van der Waals surface area contributed by atoms with Gasteiger partial charge in [-0.15, -0.1) is 0 Å². The molecule has 1 amide bonds. The van der Waals surface area contributed by atoms with E-state index in [0.717, 1.165) is 17.1 Å². The maximum Gasteiger partial charge on any atom is 0.264 e.